The molecule has 1 unspecified atom stereocenters. The zero-order valence-corrected chi connectivity index (χ0v) is 12.7. The van der Waals surface area contributed by atoms with Crippen molar-refractivity contribution in [3.8, 4) is 0 Å². The summed E-state index contributed by atoms with van der Waals surface area (Å²) in [4.78, 5) is 0. The van der Waals surface area contributed by atoms with Crippen molar-refractivity contribution in [1.29, 1.82) is 0 Å². The van der Waals surface area contributed by atoms with Gasteiger partial charge >= 0.3 is 0 Å². The van der Waals surface area contributed by atoms with Gasteiger partial charge in [0.25, 0.3) is 0 Å². The van der Waals surface area contributed by atoms with Gasteiger partial charge in [0.2, 0.25) is 0 Å². The zero-order valence-electron chi connectivity index (χ0n) is 12.7. The van der Waals surface area contributed by atoms with Gasteiger partial charge in [0, 0.05) is 31.6 Å². The molecule has 3 nitrogen and oxygen atoms in total. The number of hydrogen-bond donors (Lipinski definition) is 2. The highest BCUT2D eigenvalue weighted by Gasteiger charge is 2.15. The molecule has 1 rings (SSSR count). The van der Waals surface area contributed by atoms with E-state index in [4.69, 9.17) is 5.11 Å². The van der Waals surface area contributed by atoms with Gasteiger partial charge in [-0.15, -0.1) is 0 Å². The summed E-state index contributed by atoms with van der Waals surface area (Å²) in [6, 6.07) is 2.69. The first-order chi connectivity index (χ1) is 9.19. The predicted molar refractivity (Wildman–Crippen MR) is 81.2 cm³/mol. The summed E-state index contributed by atoms with van der Waals surface area (Å²) in [5.41, 5.74) is 1.39. The largest absolute Gasteiger partial charge is 0.396 e. The van der Waals surface area contributed by atoms with E-state index in [0.29, 0.717) is 18.6 Å². The fourth-order valence-corrected chi connectivity index (χ4v) is 2.40. The standard InChI is InChI=1S/C16H30N2O/c1-4-9-17-16(14(2)3)15-8-11-18(13-15)10-6-5-7-12-19/h8,11,13-14,16-17,19H,4-7,9-10,12H2,1-3H3. The molecule has 0 aromatic carbocycles. The lowest BCUT2D eigenvalue weighted by molar-refractivity contribution is 0.282. The molecule has 110 valence electrons. The van der Waals surface area contributed by atoms with Crippen LogP contribution in [-0.2, 0) is 6.54 Å². The van der Waals surface area contributed by atoms with Crippen molar-refractivity contribution in [2.75, 3.05) is 13.2 Å². The monoisotopic (exact) mass is 266 g/mol. The van der Waals surface area contributed by atoms with E-state index in [9.17, 15) is 0 Å². The summed E-state index contributed by atoms with van der Waals surface area (Å²) in [6.45, 7) is 9.19. The van der Waals surface area contributed by atoms with Crippen molar-refractivity contribution in [3.63, 3.8) is 0 Å². The molecule has 0 radical (unpaired) electrons. The second-order valence-corrected chi connectivity index (χ2v) is 5.64. The average Bonchev–Trinajstić information content (AvgIpc) is 2.83. The van der Waals surface area contributed by atoms with Crippen LogP contribution in [0.2, 0.25) is 0 Å². The molecule has 0 saturated carbocycles. The van der Waals surface area contributed by atoms with E-state index >= 15 is 0 Å². The first-order valence-corrected chi connectivity index (χ1v) is 7.69. The third kappa shape index (κ3) is 5.79. The number of aliphatic hydroxyl groups excluding tert-OH is 1. The van der Waals surface area contributed by atoms with Crippen LogP contribution in [0.5, 0.6) is 0 Å². The maximum Gasteiger partial charge on any atom is 0.0431 e. The van der Waals surface area contributed by atoms with Gasteiger partial charge in [-0.05, 0) is 49.8 Å². The maximum absolute atomic E-state index is 8.77. The predicted octanol–water partition coefficient (Wildman–Crippen LogP) is 3.35. The van der Waals surface area contributed by atoms with Crippen LogP contribution in [0.15, 0.2) is 18.5 Å². The van der Waals surface area contributed by atoms with Gasteiger partial charge in [-0.3, -0.25) is 0 Å². The number of aryl methyl sites for hydroxylation is 1. The highest BCUT2D eigenvalue weighted by Crippen LogP contribution is 2.22. The van der Waals surface area contributed by atoms with E-state index in [0.717, 1.165) is 32.4 Å². The smallest absolute Gasteiger partial charge is 0.0431 e. The minimum Gasteiger partial charge on any atom is -0.396 e. The number of aromatic nitrogens is 1. The summed E-state index contributed by atoms with van der Waals surface area (Å²) < 4.78 is 2.27. The van der Waals surface area contributed by atoms with Crippen molar-refractivity contribution >= 4 is 0 Å². The van der Waals surface area contributed by atoms with Crippen molar-refractivity contribution in [1.82, 2.24) is 9.88 Å². The lowest BCUT2D eigenvalue weighted by Gasteiger charge is -2.21. The molecule has 1 heterocycles. The van der Waals surface area contributed by atoms with E-state index < -0.39 is 0 Å². The van der Waals surface area contributed by atoms with Crippen LogP contribution in [0.25, 0.3) is 0 Å². The second-order valence-electron chi connectivity index (χ2n) is 5.64. The number of aliphatic hydroxyl groups is 1. The Kier molecular flexibility index (Phi) is 7.84. The number of rotatable bonds is 10. The molecule has 2 N–H and O–H groups in total. The molecule has 0 fully saturated rings. The van der Waals surface area contributed by atoms with E-state index in [2.05, 4.69) is 49.1 Å². The first-order valence-electron chi connectivity index (χ1n) is 7.69. The fraction of sp³-hybridized carbons (Fsp3) is 0.750. The van der Waals surface area contributed by atoms with Crippen LogP contribution < -0.4 is 5.32 Å². The van der Waals surface area contributed by atoms with Crippen LogP contribution in [0, 0.1) is 5.92 Å². The van der Waals surface area contributed by atoms with E-state index in [1.54, 1.807) is 0 Å². The molecule has 0 spiro atoms. The summed E-state index contributed by atoms with van der Waals surface area (Å²) in [5, 5.41) is 12.4. The van der Waals surface area contributed by atoms with Gasteiger partial charge in [0.1, 0.15) is 0 Å². The number of nitrogens with one attached hydrogen (secondary N) is 1. The SMILES string of the molecule is CCCNC(c1ccn(CCCCCO)c1)C(C)C. The molecule has 0 aliphatic carbocycles. The molecule has 1 atom stereocenters. The summed E-state index contributed by atoms with van der Waals surface area (Å²) >= 11 is 0. The minimum atomic E-state index is 0.313. The molecular formula is C16H30N2O. The Morgan fingerprint density at radius 1 is 1.26 bits per heavy atom. The number of unbranched alkanes of at least 4 members (excludes halogenated alkanes) is 2. The molecule has 0 aliphatic heterocycles. The van der Waals surface area contributed by atoms with Crippen molar-refractivity contribution in [2.24, 2.45) is 5.92 Å². The van der Waals surface area contributed by atoms with Crippen LogP contribution in [0.4, 0.5) is 0 Å². The molecule has 1 aromatic rings. The van der Waals surface area contributed by atoms with Gasteiger partial charge < -0.3 is 15.0 Å². The summed E-state index contributed by atoms with van der Waals surface area (Å²) in [5.74, 6) is 0.608. The van der Waals surface area contributed by atoms with Gasteiger partial charge in [-0.1, -0.05) is 20.8 Å². The summed E-state index contributed by atoms with van der Waals surface area (Å²) in [6.07, 6.45) is 8.78. The molecule has 0 bridgehead atoms. The number of nitrogens with zero attached hydrogens (tertiary/aromatic N) is 1. The van der Waals surface area contributed by atoms with Crippen molar-refractivity contribution < 1.29 is 5.11 Å². The lowest BCUT2D eigenvalue weighted by atomic mass is 9.98. The average molecular weight is 266 g/mol. The zero-order chi connectivity index (χ0) is 14.1. The lowest BCUT2D eigenvalue weighted by Crippen LogP contribution is -2.26. The Labute approximate surface area is 118 Å². The van der Waals surface area contributed by atoms with Gasteiger partial charge in [-0.2, -0.15) is 0 Å². The van der Waals surface area contributed by atoms with E-state index in [-0.39, 0.29) is 0 Å². The minimum absolute atomic E-state index is 0.313. The highest BCUT2D eigenvalue weighted by molar-refractivity contribution is 5.16. The van der Waals surface area contributed by atoms with Crippen LogP contribution in [0.3, 0.4) is 0 Å². The van der Waals surface area contributed by atoms with E-state index in [1.807, 2.05) is 0 Å². The molecule has 19 heavy (non-hydrogen) atoms. The molecule has 0 amide bonds. The topological polar surface area (TPSA) is 37.2 Å². The van der Waals surface area contributed by atoms with Crippen LogP contribution in [-0.4, -0.2) is 22.8 Å². The van der Waals surface area contributed by atoms with Gasteiger partial charge in [0.05, 0.1) is 0 Å². The van der Waals surface area contributed by atoms with E-state index in [1.165, 1.54) is 12.0 Å². The third-order valence-corrected chi connectivity index (χ3v) is 3.49. The van der Waals surface area contributed by atoms with Crippen LogP contribution in [0.1, 0.15) is 58.1 Å². The Bertz CT molecular complexity index is 333. The Hall–Kier alpha value is -0.800. The first kappa shape index (κ1) is 16.3. The number of hydrogen-bond acceptors (Lipinski definition) is 2. The van der Waals surface area contributed by atoms with Gasteiger partial charge in [0.15, 0.2) is 0 Å². The Balaban J connectivity index is 2.50. The molecule has 3 heteroatoms. The highest BCUT2D eigenvalue weighted by atomic mass is 16.2. The van der Waals surface area contributed by atoms with Crippen LogP contribution >= 0.6 is 0 Å². The fourth-order valence-electron chi connectivity index (χ4n) is 2.40. The third-order valence-electron chi connectivity index (χ3n) is 3.49. The molecule has 1 aromatic heterocycles. The van der Waals surface area contributed by atoms with Crippen molar-refractivity contribution in [2.45, 2.75) is 59.0 Å². The Morgan fingerprint density at radius 2 is 2.05 bits per heavy atom. The Morgan fingerprint density at radius 3 is 2.68 bits per heavy atom. The summed E-state index contributed by atoms with van der Waals surface area (Å²) in [7, 11) is 0. The molecule has 0 saturated heterocycles. The van der Waals surface area contributed by atoms with Gasteiger partial charge in [-0.25, -0.2) is 0 Å². The maximum atomic E-state index is 8.77. The molecular weight excluding hydrogens is 236 g/mol. The second kappa shape index (κ2) is 9.16. The van der Waals surface area contributed by atoms with Crippen molar-refractivity contribution in [3.05, 3.63) is 24.0 Å². The normalized spacial score (nSPS) is 13.1. The molecule has 0 aliphatic rings. The quantitative estimate of drug-likeness (QED) is 0.637.